The summed E-state index contributed by atoms with van der Waals surface area (Å²) in [6.07, 6.45) is 1.03. The van der Waals surface area contributed by atoms with Crippen molar-refractivity contribution in [3.05, 3.63) is 45.3 Å². The van der Waals surface area contributed by atoms with Crippen LogP contribution in [0.15, 0.2) is 37.8 Å². The summed E-state index contributed by atoms with van der Waals surface area (Å²) in [5.41, 5.74) is -0.0335. The average molecular weight is 382 g/mol. The lowest BCUT2D eigenvalue weighted by Crippen LogP contribution is -2.14. The monoisotopic (exact) mass is 381 g/mol. The Morgan fingerprint density at radius 2 is 2.21 bits per heavy atom. The first kappa shape index (κ1) is 16.9. The van der Waals surface area contributed by atoms with E-state index >= 15 is 0 Å². The number of thioether (sulfide) groups is 1. The third-order valence-electron chi connectivity index (χ3n) is 2.97. The molecule has 2 aromatic heterocycles. The van der Waals surface area contributed by atoms with Crippen LogP contribution in [0.4, 0.5) is 5.13 Å². The molecule has 3 rings (SSSR count). The van der Waals surface area contributed by atoms with E-state index in [-0.39, 0.29) is 11.2 Å². The molecule has 3 aromatic rings. The van der Waals surface area contributed by atoms with E-state index < -0.39 is 5.91 Å². The van der Waals surface area contributed by atoms with E-state index in [0.29, 0.717) is 21.1 Å². The molecule has 0 aliphatic carbocycles. The number of benzene rings is 1. The van der Waals surface area contributed by atoms with Crippen LogP contribution in [0, 0.1) is 0 Å². The Hall–Kier alpha value is -1.90. The Morgan fingerprint density at radius 1 is 1.38 bits per heavy atom. The van der Waals surface area contributed by atoms with E-state index in [9.17, 15) is 9.59 Å². The molecule has 124 valence electrons. The summed E-state index contributed by atoms with van der Waals surface area (Å²) in [5.74, 6) is 0.296. The zero-order valence-corrected chi connectivity index (χ0v) is 14.9. The number of nitrogens with zero attached hydrogens (tertiary/aromatic N) is 2. The molecule has 0 aliphatic rings. The normalized spacial score (nSPS) is 10.9. The minimum Gasteiger partial charge on any atom is -0.451 e. The third kappa shape index (κ3) is 3.77. The molecule has 0 atom stereocenters. The molecule has 6 nitrogen and oxygen atoms in total. The second-order valence-electron chi connectivity index (χ2n) is 4.79. The molecule has 9 heteroatoms. The van der Waals surface area contributed by atoms with Crippen LogP contribution in [-0.2, 0) is 0 Å². The lowest BCUT2D eigenvalue weighted by atomic mass is 10.2. The highest BCUT2D eigenvalue weighted by molar-refractivity contribution is 8.01. The van der Waals surface area contributed by atoms with E-state index in [0.717, 1.165) is 22.6 Å². The molecule has 0 bridgehead atoms. The number of carbonyl (C=O) groups is 1. The van der Waals surface area contributed by atoms with Crippen molar-refractivity contribution in [2.75, 3.05) is 11.1 Å². The van der Waals surface area contributed by atoms with Gasteiger partial charge in [0, 0.05) is 16.8 Å². The van der Waals surface area contributed by atoms with Crippen molar-refractivity contribution in [2.45, 2.75) is 17.7 Å². The lowest BCUT2D eigenvalue weighted by molar-refractivity contribution is 0.0997. The van der Waals surface area contributed by atoms with Gasteiger partial charge >= 0.3 is 0 Å². The Balaban J connectivity index is 1.82. The van der Waals surface area contributed by atoms with Crippen LogP contribution in [0.25, 0.3) is 11.0 Å². The molecule has 2 heterocycles. The Kier molecular flexibility index (Phi) is 5.17. The molecular formula is C15H12ClN3O3S2. The molecule has 0 fully saturated rings. The van der Waals surface area contributed by atoms with Crippen molar-refractivity contribution in [1.82, 2.24) is 10.2 Å². The number of hydrogen-bond acceptors (Lipinski definition) is 7. The summed E-state index contributed by atoms with van der Waals surface area (Å²) in [6.45, 7) is 2.08. The van der Waals surface area contributed by atoms with Crippen LogP contribution >= 0.6 is 34.7 Å². The summed E-state index contributed by atoms with van der Waals surface area (Å²) in [7, 11) is 0. The lowest BCUT2D eigenvalue weighted by Gasteiger charge is -2.02. The Morgan fingerprint density at radius 3 is 3.00 bits per heavy atom. The Labute approximate surface area is 150 Å². The first-order valence-electron chi connectivity index (χ1n) is 7.08. The fourth-order valence-corrected chi connectivity index (χ4v) is 3.75. The molecule has 1 N–H and O–H groups in total. The van der Waals surface area contributed by atoms with Gasteiger partial charge < -0.3 is 4.42 Å². The highest BCUT2D eigenvalue weighted by Gasteiger charge is 2.15. The first-order valence-corrected chi connectivity index (χ1v) is 9.26. The topological polar surface area (TPSA) is 85.1 Å². The van der Waals surface area contributed by atoms with Gasteiger partial charge in [-0.1, -0.05) is 41.6 Å². The van der Waals surface area contributed by atoms with Gasteiger partial charge in [0.2, 0.25) is 5.13 Å². The molecule has 1 aromatic carbocycles. The number of carbonyl (C=O) groups excluding carboxylic acids is 1. The second-order valence-corrected chi connectivity index (χ2v) is 7.55. The van der Waals surface area contributed by atoms with E-state index in [2.05, 4.69) is 22.4 Å². The maximum atomic E-state index is 12.3. The highest BCUT2D eigenvalue weighted by Crippen LogP contribution is 2.26. The van der Waals surface area contributed by atoms with Gasteiger partial charge in [0.05, 0.1) is 5.39 Å². The molecule has 24 heavy (non-hydrogen) atoms. The van der Waals surface area contributed by atoms with Crippen molar-refractivity contribution < 1.29 is 9.21 Å². The van der Waals surface area contributed by atoms with Gasteiger partial charge in [-0.05, 0) is 24.6 Å². The van der Waals surface area contributed by atoms with Crippen LogP contribution in [0.1, 0.15) is 23.9 Å². The van der Waals surface area contributed by atoms with Gasteiger partial charge in [0.25, 0.3) is 5.91 Å². The number of rotatable bonds is 5. The predicted molar refractivity (Wildman–Crippen MR) is 96.4 cm³/mol. The van der Waals surface area contributed by atoms with Crippen molar-refractivity contribution in [1.29, 1.82) is 0 Å². The first-order chi connectivity index (χ1) is 11.6. The average Bonchev–Trinajstić information content (AvgIpc) is 3.00. The van der Waals surface area contributed by atoms with Gasteiger partial charge in [0.1, 0.15) is 5.58 Å². The molecule has 0 aliphatic heterocycles. The van der Waals surface area contributed by atoms with Crippen molar-refractivity contribution in [2.24, 2.45) is 0 Å². The predicted octanol–water partition coefficient (Wildman–Crippen LogP) is 4.05. The third-order valence-corrected chi connectivity index (χ3v) is 5.38. The molecule has 1 amide bonds. The molecule has 0 spiro atoms. The van der Waals surface area contributed by atoms with E-state index in [1.54, 1.807) is 23.9 Å². The van der Waals surface area contributed by atoms with E-state index in [1.165, 1.54) is 17.4 Å². The number of amides is 1. The zero-order valence-electron chi connectivity index (χ0n) is 12.5. The number of hydrogen-bond donors (Lipinski definition) is 1. The maximum absolute atomic E-state index is 12.3. The number of aromatic nitrogens is 2. The van der Waals surface area contributed by atoms with Gasteiger partial charge in [-0.25, -0.2) is 0 Å². The number of anilines is 1. The molecular weight excluding hydrogens is 370 g/mol. The maximum Gasteiger partial charge on any atom is 0.293 e. The molecule has 0 unspecified atom stereocenters. The SMILES string of the molecule is CCCSc1nnc(NC(=O)c2cc(=O)c3cc(Cl)ccc3o2)s1. The number of fused-ring (bicyclic) bond motifs is 1. The van der Waals surface area contributed by atoms with E-state index in [4.69, 9.17) is 16.0 Å². The summed E-state index contributed by atoms with van der Waals surface area (Å²) in [4.78, 5) is 24.4. The zero-order chi connectivity index (χ0) is 17.1. The fraction of sp³-hybridized carbons (Fsp3) is 0.200. The standard InChI is InChI=1S/C15H12ClN3O3S2/c1-2-5-23-15-19-18-14(24-15)17-13(21)12-7-10(20)9-6-8(16)3-4-11(9)22-12/h3-4,6-7H,2,5H2,1H3,(H,17,18,21). The summed E-state index contributed by atoms with van der Waals surface area (Å²) < 4.78 is 6.26. The van der Waals surface area contributed by atoms with Crippen LogP contribution in [0.2, 0.25) is 5.02 Å². The van der Waals surface area contributed by atoms with Crippen molar-refractivity contribution >= 4 is 56.7 Å². The largest absolute Gasteiger partial charge is 0.451 e. The summed E-state index contributed by atoms with van der Waals surface area (Å²) in [6, 6.07) is 5.80. The molecule has 0 radical (unpaired) electrons. The van der Waals surface area contributed by atoms with Gasteiger partial charge in [0.15, 0.2) is 15.5 Å². The quantitative estimate of drug-likeness (QED) is 0.530. The van der Waals surface area contributed by atoms with Gasteiger partial charge in [-0.15, -0.1) is 10.2 Å². The molecule has 0 saturated carbocycles. The second kappa shape index (κ2) is 7.33. The minimum absolute atomic E-state index is 0.0900. The highest BCUT2D eigenvalue weighted by atomic mass is 35.5. The van der Waals surface area contributed by atoms with Crippen LogP contribution in [0.3, 0.4) is 0 Å². The van der Waals surface area contributed by atoms with Crippen LogP contribution in [0.5, 0.6) is 0 Å². The van der Waals surface area contributed by atoms with Crippen molar-refractivity contribution in [3.8, 4) is 0 Å². The van der Waals surface area contributed by atoms with Crippen LogP contribution in [-0.4, -0.2) is 21.9 Å². The molecule has 0 saturated heterocycles. The van der Waals surface area contributed by atoms with Crippen LogP contribution < -0.4 is 10.7 Å². The summed E-state index contributed by atoms with van der Waals surface area (Å²) in [5, 5.41) is 11.6. The summed E-state index contributed by atoms with van der Waals surface area (Å²) >= 11 is 8.72. The van der Waals surface area contributed by atoms with E-state index in [1.807, 2.05) is 0 Å². The van der Waals surface area contributed by atoms with Gasteiger partial charge in [-0.2, -0.15) is 0 Å². The van der Waals surface area contributed by atoms with Gasteiger partial charge in [-0.3, -0.25) is 14.9 Å². The number of halogens is 1. The minimum atomic E-state index is -0.549. The number of nitrogens with one attached hydrogen (secondary N) is 1. The smallest absolute Gasteiger partial charge is 0.293 e. The van der Waals surface area contributed by atoms with Crippen molar-refractivity contribution in [3.63, 3.8) is 0 Å². The Bertz CT molecular complexity index is 955. The fourth-order valence-electron chi connectivity index (χ4n) is 1.91.